The Morgan fingerprint density at radius 3 is 2.41 bits per heavy atom. The Bertz CT molecular complexity index is 1230. The number of ether oxygens (including phenoxy) is 1. The first-order valence-electron chi connectivity index (χ1n) is 13.0. The number of quaternary nitrogens is 1. The van der Waals surface area contributed by atoms with E-state index in [0.29, 0.717) is 17.2 Å². The van der Waals surface area contributed by atoms with Crippen LogP contribution in [0.2, 0.25) is 0 Å². The van der Waals surface area contributed by atoms with E-state index in [2.05, 4.69) is 24.3 Å². The van der Waals surface area contributed by atoms with E-state index in [4.69, 9.17) is 4.74 Å². The normalized spacial score (nSPS) is 22.6. The number of hydrogen-bond donors (Lipinski definition) is 0. The topological polar surface area (TPSA) is 29.5 Å². The van der Waals surface area contributed by atoms with Crippen molar-refractivity contribution in [3.8, 4) is 0 Å². The average Bonchev–Trinajstić information content (AvgIpc) is 2.90. The van der Waals surface area contributed by atoms with Crippen LogP contribution in [0.4, 0.5) is 23.7 Å². The Hall–Kier alpha value is -3.32. The standard InChI is InChI=1S/C30H32F3N2O2/c31-25-9-4-10-26(19-25)34(20-23-11-12-27(32)28(33)18-23)30(36)37-29-21-35(16-13-24(29)14-17-35)15-5-8-22-6-2-1-3-7-22/h1-4,6-7,9-12,18-19,24,29H,5,8,13-17,20-21H2/q+1/t24?,29-,35?/m0/s1. The summed E-state index contributed by atoms with van der Waals surface area (Å²) in [5, 5.41) is 0. The van der Waals surface area contributed by atoms with E-state index >= 15 is 0 Å². The molecule has 3 fully saturated rings. The highest BCUT2D eigenvalue weighted by Gasteiger charge is 2.47. The van der Waals surface area contributed by atoms with Crippen LogP contribution in [0, 0.1) is 23.4 Å². The van der Waals surface area contributed by atoms with Crippen molar-refractivity contribution in [2.24, 2.45) is 5.92 Å². The van der Waals surface area contributed by atoms with Crippen molar-refractivity contribution in [2.45, 2.75) is 38.3 Å². The summed E-state index contributed by atoms with van der Waals surface area (Å²) in [6.07, 6.45) is 3.28. The number of rotatable bonds is 8. The minimum atomic E-state index is -0.996. The van der Waals surface area contributed by atoms with E-state index in [1.54, 1.807) is 6.07 Å². The van der Waals surface area contributed by atoms with E-state index in [9.17, 15) is 18.0 Å². The zero-order valence-corrected chi connectivity index (χ0v) is 20.8. The van der Waals surface area contributed by atoms with Crippen molar-refractivity contribution in [2.75, 3.05) is 31.1 Å². The van der Waals surface area contributed by atoms with Crippen LogP contribution in [-0.4, -0.2) is 42.9 Å². The van der Waals surface area contributed by atoms with Gasteiger partial charge in [-0.15, -0.1) is 0 Å². The molecular weight excluding hydrogens is 477 g/mol. The number of nitrogens with zero attached hydrogens (tertiary/aromatic N) is 2. The smallest absolute Gasteiger partial charge is 0.415 e. The maximum Gasteiger partial charge on any atom is 0.415 e. The highest BCUT2D eigenvalue weighted by molar-refractivity contribution is 5.87. The molecule has 4 nitrogen and oxygen atoms in total. The number of halogens is 3. The third kappa shape index (κ3) is 5.99. The van der Waals surface area contributed by atoms with Gasteiger partial charge in [0, 0.05) is 25.2 Å². The van der Waals surface area contributed by atoms with Crippen molar-refractivity contribution in [3.63, 3.8) is 0 Å². The van der Waals surface area contributed by atoms with Crippen LogP contribution >= 0.6 is 0 Å². The maximum absolute atomic E-state index is 14.0. The molecule has 0 aromatic heterocycles. The first-order valence-corrected chi connectivity index (χ1v) is 13.0. The molecule has 2 bridgehead atoms. The van der Waals surface area contributed by atoms with Gasteiger partial charge in [0.15, 0.2) is 17.7 Å². The molecule has 0 spiro atoms. The van der Waals surface area contributed by atoms with Crippen LogP contribution in [-0.2, 0) is 17.7 Å². The highest BCUT2D eigenvalue weighted by atomic mass is 19.2. The first-order chi connectivity index (χ1) is 17.9. The first kappa shape index (κ1) is 25.3. The Morgan fingerprint density at radius 2 is 1.68 bits per heavy atom. The molecule has 1 atom stereocenters. The molecule has 3 aliphatic rings. The molecule has 7 heteroatoms. The summed E-state index contributed by atoms with van der Waals surface area (Å²) in [5.74, 6) is -2.15. The van der Waals surface area contributed by atoms with E-state index < -0.39 is 23.5 Å². The number of carbonyl (C=O) groups excluding carboxylic acids is 1. The molecular formula is C30H32F3N2O2+. The van der Waals surface area contributed by atoms with Crippen molar-refractivity contribution >= 4 is 11.8 Å². The molecule has 3 aliphatic heterocycles. The number of anilines is 1. The van der Waals surface area contributed by atoms with Gasteiger partial charge >= 0.3 is 6.09 Å². The molecule has 1 amide bonds. The van der Waals surface area contributed by atoms with Crippen molar-refractivity contribution in [1.82, 2.24) is 0 Å². The number of hydrogen-bond acceptors (Lipinski definition) is 2. The number of fused-ring (bicyclic) bond motifs is 3. The summed E-state index contributed by atoms with van der Waals surface area (Å²) < 4.78 is 48.4. The van der Waals surface area contributed by atoms with Crippen molar-refractivity contribution in [3.05, 3.63) is 101 Å². The lowest BCUT2D eigenvalue weighted by Gasteiger charge is -2.52. The summed E-state index contributed by atoms with van der Waals surface area (Å²) >= 11 is 0. The summed E-state index contributed by atoms with van der Waals surface area (Å²) in [6.45, 7) is 3.94. The largest absolute Gasteiger partial charge is 0.440 e. The van der Waals surface area contributed by atoms with E-state index in [0.717, 1.165) is 68.5 Å². The molecule has 6 rings (SSSR count). The van der Waals surface area contributed by atoms with Crippen LogP contribution in [0.1, 0.15) is 30.4 Å². The Kier molecular flexibility index (Phi) is 7.51. The average molecular weight is 510 g/mol. The molecule has 3 aromatic rings. The lowest BCUT2D eigenvalue weighted by Crippen LogP contribution is -2.65. The zero-order valence-electron chi connectivity index (χ0n) is 20.8. The van der Waals surface area contributed by atoms with E-state index in [1.165, 1.54) is 34.7 Å². The van der Waals surface area contributed by atoms with Gasteiger partial charge in [-0.3, -0.25) is 4.90 Å². The molecule has 0 aliphatic carbocycles. The molecule has 194 valence electrons. The number of amides is 1. The fourth-order valence-electron chi connectivity index (χ4n) is 5.85. The maximum atomic E-state index is 14.0. The predicted molar refractivity (Wildman–Crippen MR) is 136 cm³/mol. The number of aryl methyl sites for hydroxylation is 1. The van der Waals surface area contributed by atoms with Gasteiger partial charge < -0.3 is 9.22 Å². The van der Waals surface area contributed by atoms with Gasteiger partial charge in [0.2, 0.25) is 0 Å². The van der Waals surface area contributed by atoms with Gasteiger partial charge in [0.1, 0.15) is 12.4 Å². The highest BCUT2D eigenvalue weighted by Crippen LogP contribution is 2.36. The molecule has 3 saturated heterocycles. The summed E-state index contributed by atoms with van der Waals surface area (Å²) in [5.41, 5.74) is 2.03. The minimum Gasteiger partial charge on any atom is -0.440 e. The van der Waals surface area contributed by atoms with Crippen LogP contribution in [0.3, 0.4) is 0 Å². The van der Waals surface area contributed by atoms with Gasteiger partial charge in [-0.05, 0) is 47.9 Å². The lowest BCUT2D eigenvalue weighted by molar-refractivity contribution is -0.946. The Morgan fingerprint density at radius 1 is 0.892 bits per heavy atom. The third-order valence-electron chi connectivity index (χ3n) is 7.90. The molecule has 3 heterocycles. The molecule has 0 unspecified atom stereocenters. The second-order valence-electron chi connectivity index (χ2n) is 10.4. The fraction of sp³-hybridized carbons (Fsp3) is 0.367. The van der Waals surface area contributed by atoms with Gasteiger partial charge in [0.25, 0.3) is 0 Å². The quantitative estimate of drug-likeness (QED) is 0.325. The summed E-state index contributed by atoms with van der Waals surface area (Å²) in [4.78, 5) is 14.8. The summed E-state index contributed by atoms with van der Waals surface area (Å²) in [7, 11) is 0. The lowest BCUT2D eigenvalue weighted by atomic mass is 9.83. The minimum absolute atomic E-state index is 0.0616. The summed E-state index contributed by atoms with van der Waals surface area (Å²) in [6, 6.07) is 19.6. The third-order valence-corrected chi connectivity index (χ3v) is 7.90. The molecule has 37 heavy (non-hydrogen) atoms. The Labute approximate surface area is 215 Å². The van der Waals surface area contributed by atoms with Crippen molar-refractivity contribution in [1.29, 1.82) is 0 Å². The van der Waals surface area contributed by atoms with Crippen LogP contribution < -0.4 is 4.90 Å². The molecule has 3 aromatic carbocycles. The van der Waals surface area contributed by atoms with Gasteiger partial charge in [-0.1, -0.05) is 42.5 Å². The zero-order chi connectivity index (χ0) is 25.8. The van der Waals surface area contributed by atoms with Gasteiger partial charge in [-0.25, -0.2) is 18.0 Å². The number of carbonyl (C=O) groups is 1. The molecule has 0 saturated carbocycles. The van der Waals surface area contributed by atoms with Gasteiger partial charge in [-0.2, -0.15) is 0 Å². The van der Waals surface area contributed by atoms with Gasteiger partial charge in [0.05, 0.1) is 31.9 Å². The SMILES string of the molecule is O=C(O[C@H]1C[N+]2(CCCc3ccccc3)CCC1CC2)N(Cc1ccc(F)c(F)c1)c1cccc(F)c1. The second kappa shape index (κ2) is 11.0. The van der Waals surface area contributed by atoms with Crippen LogP contribution in [0.5, 0.6) is 0 Å². The number of piperidine rings is 3. The Balaban J connectivity index is 1.28. The van der Waals surface area contributed by atoms with E-state index in [-0.39, 0.29) is 12.6 Å². The molecule has 0 radical (unpaired) electrons. The molecule has 0 N–H and O–H groups in total. The number of benzene rings is 3. The van der Waals surface area contributed by atoms with E-state index in [1.807, 2.05) is 6.07 Å². The predicted octanol–water partition coefficient (Wildman–Crippen LogP) is 6.49. The second-order valence-corrected chi connectivity index (χ2v) is 10.4. The van der Waals surface area contributed by atoms with Crippen LogP contribution in [0.15, 0.2) is 72.8 Å². The monoisotopic (exact) mass is 509 g/mol. The van der Waals surface area contributed by atoms with Crippen LogP contribution in [0.25, 0.3) is 0 Å². The fourth-order valence-corrected chi connectivity index (χ4v) is 5.85. The van der Waals surface area contributed by atoms with Crippen molar-refractivity contribution < 1.29 is 27.2 Å².